The average molecular weight is 161 g/mol. The van der Waals surface area contributed by atoms with Gasteiger partial charge in [0.2, 0.25) is 0 Å². The van der Waals surface area contributed by atoms with E-state index >= 15 is 0 Å². The predicted octanol–water partition coefficient (Wildman–Crippen LogP) is 3.75. The molecule has 0 rings (SSSR count). The smallest absolute Gasteiger partial charge is 0.0393 e. The lowest BCUT2D eigenvalue weighted by molar-refractivity contribution is 0.635. The van der Waals surface area contributed by atoms with Gasteiger partial charge in [-0.1, -0.05) is 11.6 Å². The van der Waals surface area contributed by atoms with Gasteiger partial charge in [-0.3, -0.25) is 0 Å². The Morgan fingerprint density at radius 3 is 2.20 bits per heavy atom. The molecule has 0 aliphatic heterocycles. The highest BCUT2D eigenvalue weighted by Crippen LogP contribution is 2.19. The number of halogens is 1. The summed E-state index contributed by atoms with van der Waals surface area (Å²) in [4.78, 5) is -0.0358. The molecule has 0 aliphatic rings. The summed E-state index contributed by atoms with van der Waals surface area (Å²) < 4.78 is 0. The van der Waals surface area contributed by atoms with Gasteiger partial charge >= 0.3 is 0 Å². The Labute approximate surface area is 69.3 Å². The molecule has 0 radical (unpaired) electrons. The van der Waals surface area contributed by atoms with Gasteiger partial charge in [0.05, 0.1) is 0 Å². The molecule has 10 heavy (non-hydrogen) atoms. The van der Waals surface area contributed by atoms with Crippen LogP contribution in [0.2, 0.25) is 0 Å². The van der Waals surface area contributed by atoms with Crippen LogP contribution in [0.1, 0.15) is 40.5 Å². The molecule has 0 nitrogen and oxygen atoms in total. The summed E-state index contributed by atoms with van der Waals surface area (Å²) in [5.74, 6) is 0. The van der Waals surface area contributed by atoms with Crippen molar-refractivity contribution >= 4 is 11.6 Å². The molecule has 0 N–H and O–H groups in total. The third-order valence-electron chi connectivity index (χ3n) is 1.29. The second-order valence-corrected chi connectivity index (χ2v) is 4.56. The molecule has 60 valence electrons. The van der Waals surface area contributed by atoms with E-state index in [1.54, 1.807) is 0 Å². The van der Waals surface area contributed by atoms with Crippen molar-refractivity contribution in [2.24, 2.45) is 0 Å². The SMILES string of the molecule is CC(C)=CCCC(C)(C)Cl. The minimum Gasteiger partial charge on any atom is -0.120 e. The summed E-state index contributed by atoms with van der Waals surface area (Å²) in [5, 5.41) is 0. The topological polar surface area (TPSA) is 0 Å². The quantitative estimate of drug-likeness (QED) is 0.436. The molecular formula is C9H17Cl. The Kier molecular flexibility index (Phi) is 4.04. The number of allylic oxidation sites excluding steroid dienone is 2. The number of alkyl halides is 1. The van der Waals surface area contributed by atoms with Crippen LogP contribution in [0, 0.1) is 0 Å². The number of rotatable bonds is 3. The fourth-order valence-electron chi connectivity index (χ4n) is 0.704. The third kappa shape index (κ3) is 8.03. The second-order valence-electron chi connectivity index (χ2n) is 3.54. The molecule has 1 heteroatoms. The zero-order valence-electron chi connectivity index (χ0n) is 7.37. The minimum atomic E-state index is -0.0358. The van der Waals surface area contributed by atoms with Gasteiger partial charge in [-0.2, -0.15) is 0 Å². The van der Waals surface area contributed by atoms with Crippen LogP contribution in [0.15, 0.2) is 11.6 Å². The maximum atomic E-state index is 5.99. The normalized spacial score (nSPS) is 11.3. The average Bonchev–Trinajstić information content (AvgIpc) is 1.59. The first-order chi connectivity index (χ1) is 4.42. The van der Waals surface area contributed by atoms with Crippen LogP contribution < -0.4 is 0 Å². The first-order valence-electron chi connectivity index (χ1n) is 3.74. The van der Waals surface area contributed by atoms with Gasteiger partial charge in [0.15, 0.2) is 0 Å². The Balaban J connectivity index is 3.47. The van der Waals surface area contributed by atoms with Gasteiger partial charge < -0.3 is 0 Å². The highest BCUT2D eigenvalue weighted by molar-refractivity contribution is 6.23. The van der Waals surface area contributed by atoms with Crippen molar-refractivity contribution in [3.63, 3.8) is 0 Å². The van der Waals surface area contributed by atoms with Crippen molar-refractivity contribution in [3.05, 3.63) is 11.6 Å². The zero-order valence-corrected chi connectivity index (χ0v) is 8.13. The van der Waals surface area contributed by atoms with E-state index in [0.29, 0.717) is 0 Å². The molecule has 0 aliphatic carbocycles. The summed E-state index contributed by atoms with van der Waals surface area (Å²) in [6, 6.07) is 0. The standard InChI is InChI=1S/C9H17Cl/c1-8(2)6-5-7-9(3,4)10/h6H,5,7H2,1-4H3. The summed E-state index contributed by atoms with van der Waals surface area (Å²) >= 11 is 5.99. The molecule has 0 saturated carbocycles. The summed E-state index contributed by atoms with van der Waals surface area (Å²) in [7, 11) is 0. The van der Waals surface area contributed by atoms with Gasteiger partial charge in [-0.15, -0.1) is 11.6 Å². The molecule has 0 aromatic heterocycles. The van der Waals surface area contributed by atoms with E-state index in [1.165, 1.54) is 5.57 Å². The highest BCUT2D eigenvalue weighted by atomic mass is 35.5. The van der Waals surface area contributed by atoms with Gasteiger partial charge in [0.1, 0.15) is 0 Å². The van der Waals surface area contributed by atoms with E-state index in [0.717, 1.165) is 12.8 Å². The van der Waals surface area contributed by atoms with Gasteiger partial charge in [-0.05, 0) is 40.5 Å². The van der Waals surface area contributed by atoms with Crippen LogP contribution in [-0.4, -0.2) is 4.87 Å². The van der Waals surface area contributed by atoms with Crippen molar-refractivity contribution < 1.29 is 0 Å². The van der Waals surface area contributed by atoms with E-state index < -0.39 is 0 Å². The Bertz CT molecular complexity index is 113. The summed E-state index contributed by atoms with van der Waals surface area (Å²) in [5.41, 5.74) is 1.38. The van der Waals surface area contributed by atoms with E-state index in [1.807, 2.05) is 13.8 Å². The van der Waals surface area contributed by atoms with Crippen molar-refractivity contribution in [2.75, 3.05) is 0 Å². The molecule has 0 bridgehead atoms. The lowest BCUT2D eigenvalue weighted by Crippen LogP contribution is -2.08. The van der Waals surface area contributed by atoms with Crippen LogP contribution in [0.3, 0.4) is 0 Å². The maximum Gasteiger partial charge on any atom is 0.0393 e. The van der Waals surface area contributed by atoms with Crippen LogP contribution in [0.25, 0.3) is 0 Å². The van der Waals surface area contributed by atoms with Gasteiger partial charge in [0, 0.05) is 4.87 Å². The molecule has 0 saturated heterocycles. The van der Waals surface area contributed by atoms with Gasteiger partial charge in [-0.25, -0.2) is 0 Å². The van der Waals surface area contributed by atoms with Crippen LogP contribution in [0.5, 0.6) is 0 Å². The monoisotopic (exact) mass is 160 g/mol. The van der Waals surface area contributed by atoms with Crippen molar-refractivity contribution in [1.82, 2.24) is 0 Å². The van der Waals surface area contributed by atoms with Crippen molar-refractivity contribution in [3.8, 4) is 0 Å². The van der Waals surface area contributed by atoms with Crippen LogP contribution in [-0.2, 0) is 0 Å². The number of hydrogen-bond acceptors (Lipinski definition) is 0. The van der Waals surface area contributed by atoms with Crippen LogP contribution >= 0.6 is 11.6 Å². The fraction of sp³-hybridized carbons (Fsp3) is 0.778. The van der Waals surface area contributed by atoms with E-state index in [2.05, 4.69) is 19.9 Å². The third-order valence-corrected chi connectivity index (χ3v) is 1.48. The minimum absolute atomic E-state index is 0.0358. The lowest BCUT2D eigenvalue weighted by atomic mass is 10.1. The lowest BCUT2D eigenvalue weighted by Gasteiger charge is -2.13. The Hall–Kier alpha value is 0.0300. The zero-order chi connectivity index (χ0) is 8.20. The van der Waals surface area contributed by atoms with Crippen molar-refractivity contribution in [2.45, 2.75) is 45.4 Å². The van der Waals surface area contributed by atoms with Gasteiger partial charge in [0.25, 0.3) is 0 Å². The van der Waals surface area contributed by atoms with E-state index in [-0.39, 0.29) is 4.87 Å². The fourth-order valence-corrected chi connectivity index (χ4v) is 0.813. The molecule has 0 aromatic carbocycles. The van der Waals surface area contributed by atoms with Crippen LogP contribution in [0.4, 0.5) is 0 Å². The first-order valence-corrected chi connectivity index (χ1v) is 4.12. The van der Waals surface area contributed by atoms with E-state index in [4.69, 9.17) is 11.6 Å². The molecule has 0 heterocycles. The molecule has 0 amide bonds. The number of hydrogen-bond donors (Lipinski definition) is 0. The Morgan fingerprint density at radius 1 is 1.40 bits per heavy atom. The molecule has 0 spiro atoms. The second kappa shape index (κ2) is 4.02. The largest absolute Gasteiger partial charge is 0.120 e. The molecule has 0 aromatic rings. The summed E-state index contributed by atoms with van der Waals surface area (Å²) in [6.45, 7) is 8.32. The molecule has 0 fully saturated rings. The Morgan fingerprint density at radius 2 is 1.90 bits per heavy atom. The maximum absolute atomic E-state index is 5.99. The molecule has 0 unspecified atom stereocenters. The molecule has 0 atom stereocenters. The summed E-state index contributed by atoms with van der Waals surface area (Å²) in [6.07, 6.45) is 4.38. The first kappa shape index (κ1) is 10.0. The van der Waals surface area contributed by atoms with E-state index in [9.17, 15) is 0 Å². The molecular weight excluding hydrogens is 144 g/mol. The predicted molar refractivity (Wildman–Crippen MR) is 48.6 cm³/mol. The highest BCUT2D eigenvalue weighted by Gasteiger charge is 2.10. The van der Waals surface area contributed by atoms with Crippen molar-refractivity contribution in [1.29, 1.82) is 0 Å².